The van der Waals surface area contributed by atoms with E-state index in [9.17, 15) is 31.4 Å². The fourth-order valence-electron chi connectivity index (χ4n) is 4.24. The molecule has 0 spiro atoms. The summed E-state index contributed by atoms with van der Waals surface area (Å²) in [6.07, 6.45) is -10.6. The van der Waals surface area contributed by atoms with Crippen molar-refractivity contribution in [2.24, 2.45) is 0 Å². The topological polar surface area (TPSA) is 38.7 Å². The molecule has 43 heavy (non-hydrogen) atoms. The zero-order chi connectivity index (χ0) is 31.4. The number of phenolic OH excluding ortho intramolecular Hbond substituents is 1. The van der Waals surface area contributed by atoms with Crippen LogP contribution in [0.25, 0.3) is 0 Å². The van der Waals surface area contributed by atoms with Crippen molar-refractivity contribution in [3.63, 3.8) is 0 Å². The molecule has 0 bridgehead atoms. The van der Waals surface area contributed by atoms with Crippen LogP contribution < -0.4 is 9.47 Å². The number of hydrogen-bond donors (Lipinski definition) is 1. The van der Waals surface area contributed by atoms with Crippen LogP contribution >= 0.6 is 11.8 Å². The number of ether oxygens (including phenoxy) is 2. The molecule has 0 aliphatic carbocycles. The van der Waals surface area contributed by atoms with Crippen LogP contribution in [0, 0.1) is 0 Å². The molecule has 224 valence electrons. The van der Waals surface area contributed by atoms with Gasteiger partial charge in [-0.25, -0.2) is 0 Å². The van der Waals surface area contributed by atoms with Crippen LogP contribution in [0.15, 0.2) is 131 Å². The number of halogens is 9. The average molecular weight is 629 g/mol. The van der Waals surface area contributed by atoms with E-state index in [1.807, 2.05) is 0 Å². The molecule has 4 aromatic carbocycles. The Morgan fingerprint density at radius 1 is 0.512 bits per heavy atom. The van der Waals surface area contributed by atoms with Gasteiger partial charge < -0.3 is 14.6 Å². The Bertz CT molecular complexity index is 1540. The smallest absolute Gasteiger partial charge is 0.406 e. The van der Waals surface area contributed by atoms with Gasteiger partial charge in [0.2, 0.25) is 0 Å². The van der Waals surface area contributed by atoms with Crippen LogP contribution in [0.2, 0.25) is 0 Å². The third-order valence-electron chi connectivity index (χ3n) is 6.07. The molecule has 0 aliphatic heterocycles. The highest BCUT2D eigenvalue weighted by atomic mass is 32.2. The summed E-state index contributed by atoms with van der Waals surface area (Å²) in [5.41, 5.74) is -4.14. The molecule has 0 amide bonds. The molecule has 4 rings (SSSR count). The quantitative estimate of drug-likeness (QED) is 0.114. The van der Waals surface area contributed by atoms with E-state index in [0.717, 1.165) is 48.5 Å². The summed E-state index contributed by atoms with van der Waals surface area (Å²) in [6, 6.07) is 14.1. The Balaban J connectivity index is 1.84. The monoisotopic (exact) mass is 628 g/mol. The number of aromatic hydroxyl groups is 1. The second kappa shape index (κ2) is 12.8. The molecule has 0 unspecified atom stereocenters. The van der Waals surface area contributed by atoms with E-state index < -0.39 is 58.4 Å². The normalized spacial score (nSPS) is 11.6. The van der Waals surface area contributed by atoms with Crippen LogP contribution in [-0.2, 0) is 5.41 Å². The molecule has 0 saturated carbocycles. The minimum atomic E-state index is -5.09. The van der Waals surface area contributed by atoms with Gasteiger partial charge in [0.15, 0.2) is 0 Å². The van der Waals surface area contributed by atoms with Crippen molar-refractivity contribution in [3.05, 3.63) is 138 Å². The van der Waals surface area contributed by atoms with E-state index >= 15 is 13.2 Å². The van der Waals surface area contributed by atoms with Gasteiger partial charge in [0, 0.05) is 9.79 Å². The summed E-state index contributed by atoms with van der Waals surface area (Å²) in [4.78, 5) is 1.24. The molecule has 3 nitrogen and oxygen atoms in total. The van der Waals surface area contributed by atoms with Crippen molar-refractivity contribution in [1.29, 1.82) is 0 Å². The van der Waals surface area contributed by atoms with Crippen LogP contribution in [-0.4, -0.2) is 11.3 Å². The molecule has 0 heterocycles. The summed E-state index contributed by atoms with van der Waals surface area (Å²) < 4.78 is 131. The summed E-state index contributed by atoms with van der Waals surface area (Å²) >= 11 is 1.21. The zero-order valence-electron chi connectivity index (χ0n) is 21.3. The van der Waals surface area contributed by atoms with Crippen molar-refractivity contribution < 1.29 is 54.1 Å². The maximum atomic E-state index is 15.3. The Hall–Kier alpha value is -4.52. The molecule has 0 aliphatic rings. The van der Waals surface area contributed by atoms with Crippen molar-refractivity contribution in [3.8, 4) is 17.2 Å². The standard InChI is InChI=1S/C30H17F9O3S/c31-25(32)27(35)41-21-9-1-17(2-10-21)29(30(37,38)39,18-3-11-22(12-4-18)42-28(36)26(33)34)19-5-13-23(14-6-19)43-24-15-7-20(40)8-16-24/h1-16,40H. The van der Waals surface area contributed by atoms with Gasteiger partial charge >= 0.3 is 30.4 Å². The fourth-order valence-corrected chi connectivity index (χ4v) is 5.06. The SMILES string of the molecule is Oc1ccc(Sc2ccc(C(c3ccc(OC(F)=C(F)F)cc3)(c3ccc(OC(F)=C(F)F)cc3)C(F)(F)F)cc2)cc1. The van der Waals surface area contributed by atoms with E-state index in [-0.39, 0.29) is 11.3 Å². The first-order valence-corrected chi connectivity index (χ1v) is 12.8. The first-order chi connectivity index (χ1) is 20.3. The maximum Gasteiger partial charge on any atom is 0.406 e. The maximum absolute atomic E-state index is 15.3. The van der Waals surface area contributed by atoms with Crippen LogP contribution in [0.5, 0.6) is 17.2 Å². The highest BCUT2D eigenvalue weighted by Gasteiger charge is 2.58. The Kier molecular flexibility index (Phi) is 9.34. The zero-order valence-corrected chi connectivity index (χ0v) is 22.1. The number of phenols is 1. The molecule has 4 aromatic rings. The Morgan fingerprint density at radius 3 is 1.16 bits per heavy atom. The number of hydrogen-bond acceptors (Lipinski definition) is 4. The highest BCUT2D eigenvalue weighted by Crippen LogP contribution is 2.52. The summed E-state index contributed by atoms with van der Waals surface area (Å²) in [5, 5.41) is 9.47. The fraction of sp³-hybridized carbons (Fsp3) is 0.0667. The van der Waals surface area contributed by atoms with Crippen molar-refractivity contribution >= 4 is 11.8 Å². The molecule has 13 heteroatoms. The second-order valence-corrected chi connectivity index (χ2v) is 9.84. The van der Waals surface area contributed by atoms with E-state index in [2.05, 4.69) is 9.47 Å². The number of rotatable bonds is 9. The van der Waals surface area contributed by atoms with Gasteiger partial charge in [0.1, 0.15) is 22.7 Å². The van der Waals surface area contributed by atoms with Crippen molar-refractivity contribution in [2.75, 3.05) is 0 Å². The second-order valence-electron chi connectivity index (χ2n) is 8.69. The molecule has 1 N–H and O–H groups in total. The third-order valence-corrected chi connectivity index (χ3v) is 7.09. The lowest BCUT2D eigenvalue weighted by Gasteiger charge is -2.37. The van der Waals surface area contributed by atoms with E-state index in [1.165, 1.54) is 48.2 Å². The Labute approximate surface area is 242 Å². The lowest BCUT2D eigenvalue weighted by atomic mass is 9.68. The van der Waals surface area contributed by atoms with E-state index in [1.54, 1.807) is 12.1 Å². The van der Waals surface area contributed by atoms with Gasteiger partial charge in [-0.05, 0) is 77.4 Å². The minimum Gasteiger partial charge on any atom is -0.508 e. The summed E-state index contributed by atoms with van der Waals surface area (Å²) in [7, 11) is 0. The predicted octanol–water partition coefficient (Wildman–Crippen LogP) is 10.3. The Morgan fingerprint density at radius 2 is 0.837 bits per heavy atom. The number of alkyl halides is 3. The van der Waals surface area contributed by atoms with Gasteiger partial charge in [-0.1, -0.05) is 48.2 Å². The van der Waals surface area contributed by atoms with Crippen LogP contribution in [0.4, 0.5) is 39.5 Å². The van der Waals surface area contributed by atoms with E-state index in [4.69, 9.17) is 0 Å². The van der Waals surface area contributed by atoms with Gasteiger partial charge in [-0.2, -0.15) is 39.5 Å². The average Bonchev–Trinajstić information content (AvgIpc) is 2.96. The van der Waals surface area contributed by atoms with Gasteiger partial charge in [0.25, 0.3) is 0 Å². The lowest BCUT2D eigenvalue weighted by molar-refractivity contribution is -0.166. The van der Waals surface area contributed by atoms with Gasteiger partial charge in [-0.15, -0.1) is 0 Å². The lowest BCUT2D eigenvalue weighted by Crippen LogP contribution is -2.44. The van der Waals surface area contributed by atoms with Crippen molar-refractivity contribution in [2.45, 2.75) is 21.4 Å². The van der Waals surface area contributed by atoms with Gasteiger partial charge in [0.05, 0.1) is 0 Å². The van der Waals surface area contributed by atoms with Crippen molar-refractivity contribution in [1.82, 2.24) is 0 Å². The summed E-state index contributed by atoms with van der Waals surface area (Å²) in [5.74, 6) is -0.986. The first kappa shape index (κ1) is 31.4. The molecule has 0 fully saturated rings. The highest BCUT2D eigenvalue weighted by molar-refractivity contribution is 7.99. The summed E-state index contributed by atoms with van der Waals surface area (Å²) in [6.45, 7) is 0. The van der Waals surface area contributed by atoms with Crippen LogP contribution in [0.3, 0.4) is 0 Å². The number of benzene rings is 4. The molecule has 0 radical (unpaired) electrons. The first-order valence-electron chi connectivity index (χ1n) is 11.9. The van der Waals surface area contributed by atoms with E-state index in [0.29, 0.717) is 9.79 Å². The third kappa shape index (κ3) is 6.94. The predicted molar refractivity (Wildman–Crippen MR) is 139 cm³/mol. The van der Waals surface area contributed by atoms with Crippen LogP contribution in [0.1, 0.15) is 16.7 Å². The van der Waals surface area contributed by atoms with Gasteiger partial charge in [-0.3, -0.25) is 0 Å². The molecule has 0 saturated heterocycles. The largest absolute Gasteiger partial charge is 0.508 e. The molecule has 0 aromatic heterocycles. The minimum absolute atomic E-state index is 0.0321. The molecular weight excluding hydrogens is 611 g/mol. The molecular formula is C30H17F9O3S. The molecule has 0 atom stereocenters.